The van der Waals surface area contributed by atoms with Crippen molar-refractivity contribution < 1.29 is 17.6 Å². The fraction of sp³-hybridized carbons (Fsp3) is 0.385. The van der Waals surface area contributed by atoms with E-state index in [2.05, 4.69) is 6.58 Å². The highest BCUT2D eigenvalue weighted by atomic mass is 19.4. The number of alkyl halides is 3. The molecule has 0 aromatic heterocycles. The number of hydrogen-bond acceptors (Lipinski definition) is 1. The van der Waals surface area contributed by atoms with Crippen LogP contribution >= 0.6 is 0 Å². The van der Waals surface area contributed by atoms with E-state index in [0.717, 1.165) is 23.8 Å². The first kappa shape index (κ1) is 14.7. The van der Waals surface area contributed by atoms with Gasteiger partial charge in [-0.1, -0.05) is 19.1 Å². The molecule has 0 spiro atoms. The molecular weight excluding hydrogens is 246 g/mol. The van der Waals surface area contributed by atoms with Crippen molar-refractivity contribution in [2.75, 3.05) is 0 Å². The molecular formula is C13H15F4N. The molecule has 0 bridgehead atoms. The van der Waals surface area contributed by atoms with Gasteiger partial charge >= 0.3 is 6.18 Å². The van der Waals surface area contributed by atoms with Gasteiger partial charge in [0.2, 0.25) is 0 Å². The summed E-state index contributed by atoms with van der Waals surface area (Å²) in [6, 6.07) is 1.45. The van der Waals surface area contributed by atoms with Gasteiger partial charge in [0.25, 0.3) is 0 Å². The molecule has 0 aliphatic rings. The Balaban J connectivity index is 3.13. The molecule has 0 saturated carbocycles. The number of halogens is 4. The van der Waals surface area contributed by atoms with Crippen LogP contribution in [0.2, 0.25) is 0 Å². The van der Waals surface area contributed by atoms with E-state index in [4.69, 9.17) is 5.73 Å². The van der Waals surface area contributed by atoms with Gasteiger partial charge in [-0.2, -0.15) is 13.2 Å². The summed E-state index contributed by atoms with van der Waals surface area (Å²) < 4.78 is 51.3. The van der Waals surface area contributed by atoms with Crippen LogP contribution in [0.25, 0.3) is 0 Å². The molecule has 0 saturated heterocycles. The summed E-state index contributed by atoms with van der Waals surface area (Å²) in [5, 5.41) is 0. The van der Waals surface area contributed by atoms with Crippen molar-refractivity contribution in [2.24, 2.45) is 5.73 Å². The molecule has 0 aliphatic carbocycles. The van der Waals surface area contributed by atoms with E-state index in [1.54, 1.807) is 0 Å². The first-order chi connectivity index (χ1) is 8.25. The fourth-order valence-corrected chi connectivity index (χ4v) is 1.66. The van der Waals surface area contributed by atoms with Gasteiger partial charge in [-0.15, -0.1) is 0 Å². The average molecular weight is 261 g/mol. The highest BCUT2D eigenvalue weighted by Gasteiger charge is 2.34. The summed E-state index contributed by atoms with van der Waals surface area (Å²) in [6.07, 6.45) is -3.69. The van der Waals surface area contributed by atoms with Gasteiger partial charge in [0.1, 0.15) is 5.82 Å². The molecule has 18 heavy (non-hydrogen) atoms. The third-order valence-electron chi connectivity index (χ3n) is 2.73. The van der Waals surface area contributed by atoms with Crippen LogP contribution in [0.5, 0.6) is 0 Å². The quantitative estimate of drug-likeness (QED) is 0.638. The van der Waals surface area contributed by atoms with E-state index >= 15 is 0 Å². The summed E-state index contributed by atoms with van der Waals surface area (Å²) in [4.78, 5) is 0. The van der Waals surface area contributed by atoms with Crippen molar-refractivity contribution in [3.63, 3.8) is 0 Å². The predicted octanol–water partition coefficient (Wildman–Crippen LogP) is 4.20. The zero-order valence-electron chi connectivity index (χ0n) is 10.0. The highest BCUT2D eigenvalue weighted by Crippen LogP contribution is 2.35. The minimum Gasteiger partial charge on any atom is -0.324 e. The number of benzene rings is 1. The second-order valence-electron chi connectivity index (χ2n) is 4.14. The minimum atomic E-state index is -4.53. The monoisotopic (exact) mass is 261 g/mol. The Hall–Kier alpha value is -1.36. The van der Waals surface area contributed by atoms with Crippen molar-refractivity contribution in [3.8, 4) is 0 Å². The Morgan fingerprint density at radius 1 is 1.39 bits per heavy atom. The highest BCUT2D eigenvalue weighted by molar-refractivity contribution is 5.33. The van der Waals surface area contributed by atoms with E-state index in [-0.39, 0.29) is 12.0 Å². The molecule has 0 fully saturated rings. The van der Waals surface area contributed by atoms with Gasteiger partial charge in [-0.25, -0.2) is 4.39 Å². The van der Waals surface area contributed by atoms with Crippen molar-refractivity contribution in [1.82, 2.24) is 0 Å². The zero-order valence-corrected chi connectivity index (χ0v) is 10.0. The summed E-state index contributed by atoms with van der Waals surface area (Å²) >= 11 is 0. The molecule has 1 rings (SSSR count). The topological polar surface area (TPSA) is 26.0 Å². The lowest BCUT2D eigenvalue weighted by molar-refractivity contribution is -0.138. The van der Waals surface area contributed by atoms with Crippen LogP contribution in [0.4, 0.5) is 17.6 Å². The van der Waals surface area contributed by atoms with Crippen LogP contribution in [0.1, 0.15) is 36.9 Å². The van der Waals surface area contributed by atoms with Gasteiger partial charge in [-0.3, -0.25) is 0 Å². The van der Waals surface area contributed by atoms with Crippen molar-refractivity contribution in [3.05, 3.63) is 47.3 Å². The molecule has 0 heterocycles. The number of hydrogen-bond donors (Lipinski definition) is 1. The van der Waals surface area contributed by atoms with E-state index in [1.807, 2.05) is 6.92 Å². The molecule has 0 amide bonds. The van der Waals surface area contributed by atoms with E-state index < -0.39 is 23.6 Å². The van der Waals surface area contributed by atoms with Crippen molar-refractivity contribution in [2.45, 2.75) is 32.0 Å². The standard InChI is InChI=1S/C13H15F4N/c1-3-8(2)6-12(18)10-7-9(14)4-5-11(10)13(15,16)17/h4-5,7,12H,2-3,6,18H2,1H3. The Morgan fingerprint density at radius 2 is 2.00 bits per heavy atom. The largest absolute Gasteiger partial charge is 0.416 e. The fourth-order valence-electron chi connectivity index (χ4n) is 1.66. The summed E-state index contributed by atoms with van der Waals surface area (Å²) in [5.41, 5.74) is 5.33. The lowest BCUT2D eigenvalue weighted by atomic mass is 9.94. The normalized spacial score (nSPS) is 13.4. The molecule has 2 N–H and O–H groups in total. The first-order valence-corrected chi connectivity index (χ1v) is 5.54. The van der Waals surface area contributed by atoms with E-state index in [0.29, 0.717) is 6.42 Å². The molecule has 1 unspecified atom stereocenters. The molecule has 100 valence electrons. The molecule has 1 nitrogen and oxygen atoms in total. The SMILES string of the molecule is C=C(CC)CC(N)c1cc(F)ccc1C(F)(F)F. The Morgan fingerprint density at radius 3 is 2.50 bits per heavy atom. The van der Waals surface area contributed by atoms with Crippen LogP contribution in [0.3, 0.4) is 0 Å². The Labute approximate surface area is 103 Å². The molecule has 0 aliphatic heterocycles. The number of nitrogens with two attached hydrogens (primary N) is 1. The second kappa shape index (κ2) is 5.52. The third-order valence-corrected chi connectivity index (χ3v) is 2.73. The van der Waals surface area contributed by atoms with Gasteiger partial charge in [0, 0.05) is 6.04 Å². The molecule has 1 aromatic rings. The third kappa shape index (κ3) is 3.57. The second-order valence-corrected chi connectivity index (χ2v) is 4.14. The van der Waals surface area contributed by atoms with Gasteiger partial charge in [-0.05, 0) is 36.6 Å². The molecule has 0 radical (unpaired) electrons. The van der Waals surface area contributed by atoms with Gasteiger partial charge in [0.05, 0.1) is 5.56 Å². The lowest BCUT2D eigenvalue weighted by Crippen LogP contribution is -2.18. The smallest absolute Gasteiger partial charge is 0.324 e. The van der Waals surface area contributed by atoms with Crippen molar-refractivity contribution in [1.29, 1.82) is 0 Å². The molecule has 1 atom stereocenters. The zero-order chi connectivity index (χ0) is 13.9. The predicted molar refractivity (Wildman–Crippen MR) is 62.4 cm³/mol. The maximum atomic E-state index is 13.1. The van der Waals surface area contributed by atoms with Crippen LogP contribution in [0.15, 0.2) is 30.4 Å². The summed E-state index contributed by atoms with van der Waals surface area (Å²) in [6.45, 7) is 5.54. The lowest BCUT2D eigenvalue weighted by Gasteiger charge is -2.19. The van der Waals surface area contributed by atoms with Crippen LogP contribution in [-0.4, -0.2) is 0 Å². The van der Waals surface area contributed by atoms with Gasteiger partial charge < -0.3 is 5.73 Å². The average Bonchev–Trinajstić information content (AvgIpc) is 2.26. The van der Waals surface area contributed by atoms with Crippen molar-refractivity contribution >= 4 is 0 Å². The van der Waals surface area contributed by atoms with E-state index in [9.17, 15) is 17.6 Å². The minimum absolute atomic E-state index is 0.211. The van der Waals surface area contributed by atoms with Crippen LogP contribution < -0.4 is 5.73 Å². The Kier molecular flexibility index (Phi) is 4.51. The van der Waals surface area contributed by atoms with Gasteiger partial charge in [0.15, 0.2) is 0 Å². The maximum Gasteiger partial charge on any atom is 0.416 e. The summed E-state index contributed by atoms with van der Waals surface area (Å²) in [7, 11) is 0. The van der Waals surface area contributed by atoms with E-state index in [1.165, 1.54) is 0 Å². The summed E-state index contributed by atoms with van der Waals surface area (Å²) in [5.74, 6) is -0.726. The maximum absolute atomic E-state index is 13.1. The van der Waals surface area contributed by atoms with Crippen LogP contribution in [0, 0.1) is 5.82 Å². The first-order valence-electron chi connectivity index (χ1n) is 5.54. The Bertz CT molecular complexity index is 437. The molecule has 1 aromatic carbocycles. The van der Waals surface area contributed by atoms with Crippen LogP contribution in [-0.2, 0) is 6.18 Å². The number of rotatable bonds is 4. The molecule has 5 heteroatoms.